The third kappa shape index (κ3) is 46.0. The molecule has 0 heterocycles. The molecule has 0 radical (unpaired) electrons. The molecule has 0 fully saturated rings. The Kier molecular flexibility index (Phi) is 42.2. The number of likely N-dealkylation sites (N-methyl/N-ethyl adjacent to an activating group) is 1. The Morgan fingerprint density at radius 3 is 1.48 bits per heavy atom. The average molecular weight is 877 g/mol. The summed E-state index contributed by atoms with van der Waals surface area (Å²) in [7, 11) is 1.23. The molecule has 0 aliphatic heterocycles. The molecule has 3 atom stereocenters. The van der Waals surface area contributed by atoms with Gasteiger partial charge in [0.05, 0.1) is 39.9 Å². The van der Waals surface area contributed by atoms with E-state index in [4.69, 9.17) is 9.05 Å². The monoisotopic (exact) mass is 877 g/mol. The molecule has 3 unspecified atom stereocenters. The summed E-state index contributed by atoms with van der Waals surface area (Å²) in [5.41, 5.74) is 0. The van der Waals surface area contributed by atoms with E-state index in [1.165, 1.54) is 135 Å². The number of hydrogen-bond acceptors (Lipinski definition) is 6. The lowest BCUT2D eigenvalue weighted by atomic mass is 10.0. The number of aliphatic hydroxyl groups is 1. The summed E-state index contributed by atoms with van der Waals surface area (Å²) < 4.78 is 23.2. The highest BCUT2D eigenvalue weighted by Crippen LogP contribution is 2.38. The van der Waals surface area contributed by atoms with Crippen molar-refractivity contribution in [2.45, 2.75) is 225 Å². The van der Waals surface area contributed by atoms with Gasteiger partial charge < -0.3 is 28.8 Å². The molecular weight excluding hydrogens is 780 g/mol. The van der Waals surface area contributed by atoms with Crippen molar-refractivity contribution < 1.29 is 32.9 Å². The summed E-state index contributed by atoms with van der Waals surface area (Å²) >= 11 is 0. The molecule has 1 amide bonds. The second-order valence-electron chi connectivity index (χ2n) is 18.1. The van der Waals surface area contributed by atoms with Gasteiger partial charge in [0.1, 0.15) is 13.2 Å². The van der Waals surface area contributed by atoms with Gasteiger partial charge in [-0.2, -0.15) is 0 Å². The summed E-state index contributed by atoms with van der Waals surface area (Å²) in [6, 6.07) is -0.911. The van der Waals surface area contributed by atoms with Gasteiger partial charge in [-0.25, -0.2) is 0 Å². The van der Waals surface area contributed by atoms with Crippen LogP contribution in [0.3, 0.4) is 0 Å². The van der Waals surface area contributed by atoms with E-state index in [1.54, 1.807) is 6.08 Å². The number of unbranched alkanes of at least 4 members (excludes halogenated alkanes) is 24. The predicted octanol–water partition coefficient (Wildman–Crippen LogP) is 14.0. The van der Waals surface area contributed by atoms with Gasteiger partial charge in [0.15, 0.2) is 0 Å². The number of nitrogens with one attached hydrogen (secondary N) is 1. The fourth-order valence-electron chi connectivity index (χ4n) is 6.91. The van der Waals surface area contributed by atoms with Gasteiger partial charge in [0.2, 0.25) is 5.91 Å². The lowest BCUT2D eigenvalue weighted by Gasteiger charge is -2.29. The van der Waals surface area contributed by atoms with Crippen LogP contribution in [-0.4, -0.2) is 68.5 Å². The highest BCUT2D eigenvalue weighted by molar-refractivity contribution is 7.45. The van der Waals surface area contributed by atoms with Gasteiger partial charge in [-0.05, 0) is 70.6 Å². The third-order valence-electron chi connectivity index (χ3n) is 10.9. The first-order valence-electron chi connectivity index (χ1n) is 25.2. The first kappa shape index (κ1) is 59.2. The zero-order chi connectivity index (χ0) is 45.0. The molecule has 61 heavy (non-hydrogen) atoms. The lowest BCUT2D eigenvalue weighted by Crippen LogP contribution is -2.45. The normalized spacial score (nSPS) is 14.7. The van der Waals surface area contributed by atoms with Crippen molar-refractivity contribution in [2.75, 3.05) is 40.9 Å². The summed E-state index contributed by atoms with van der Waals surface area (Å²) in [5, 5.41) is 13.7. The molecule has 0 spiro atoms. The van der Waals surface area contributed by atoms with Crippen molar-refractivity contribution in [2.24, 2.45) is 0 Å². The molecule has 0 bridgehead atoms. The Morgan fingerprint density at radius 1 is 0.574 bits per heavy atom. The third-order valence-corrected chi connectivity index (χ3v) is 11.9. The van der Waals surface area contributed by atoms with E-state index in [0.29, 0.717) is 17.4 Å². The van der Waals surface area contributed by atoms with Crippen LogP contribution in [0, 0.1) is 0 Å². The second kappa shape index (κ2) is 43.5. The van der Waals surface area contributed by atoms with E-state index >= 15 is 0 Å². The number of carbonyl (C=O) groups excluding carboxylic acids is 1. The Balaban J connectivity index is 4.21. The average Bonchev–Trinajstić information content (AvgIpc) is 3.21. The molecule has 0 aromatic rings. The van der Waals surface area contributed by atoms with Crippen molar-refractivity contribution in [3.05, 3.63) is 60.8 Å². The smallest absolute Gasteiger partial charge is 0.268 e. The van der Waals surface area contributed by atoms with Crippen LogP contribution in [0.4, 0.5) is 0 Å². The minimum atomic E-state index is -4.60. The molecule has 9 heteroatoms. The topological polar surface area (TPSA) is 108 Å². The van der Waals surface area contributed by atoms with Gasteiger partial charge in [0, 0.05) is 6.42 Å². The number of hydrogen-bond donors (Lipinski definition) is 2. The molecule has 2 N–H and O–H groups in total. The maximum absolute atomic E-state index is 12.9. The van der Waals surface area contributed by atoms with Crippen molar-refractivity contribution in [1.29, 1.82) is 0 Å². The zero-order valence-electron chi connectivity index (χ0n) is 40.4. The summed E-state index contributed by atoms with van der Waals surface area (Å²) in [5.74, 6) is -0.216. The SMILES string of the molecule is CCCC/C=C/CC/C=C/CC/C=C/C(O)C(COP(=O)([O-])OCC[N+](C)(C)C)NC(=O)CCCCCCCCCCCCC/C=C\C/C=C\CCCCCCCCCCC. The first-order chi connectivity index (χ1) is 29.5. The number of phosphoric ester groups is 1. The van der Waals surface area contributed by atoms with Crippen LogP contribution in [0.25, 0.3) is 0 Å². The van der Waals surface area contributed by atoms with E-state index in [0.717, 1.165) is 57.8 Å². The van der Waals surface area contributed by atoms with Gasteiger partial charge in [-0.1, -0.05) is 197 Å². The standard InChI is InChI=1S/C52H97N2O6P/c1-6-8-10-12-14-16-18-20-21-22-23-24-25-26-27-28-29-30-31-32-33-34-36-38-40-42-44-46-52(56)53-50(49-60-61(57,58)59-48-47-54(3,4)5)51(55)45-43-41-39-37-35-19-17-15-13-11-9-7-2/h13,15,23-24,26-27,35,37,43,45,50-51,55H,6-12,14,16-22,25,28-34,36,38-42,44,46-49H2,1-5H3,(H-,53,56,57,58)/b15-13+,24-23-,27-26-,37-35+,45-43+. The van der Waals surface area contributed by atoms with Gasteiger partial charge >= 0.3 is 0 Å². The molecule has 0 aliphatic rings. The van der Waals surface area contributed by atoms with Gasteiger partial charge in [0.25, 0.3) is 7.82 Å². The van der Waals surface area contributed by atoms with E-state index < -0.39 is 26.6 Å². The zero-order valence-corrected chi connectivity index (χ0v) is 41.2. The highest BCUT2D eigenvalue weighted by Gasteiger charge is 2.23. The molecule has 0 rings (SSSR count). The predicted molar refractivity (Wildman–Crippen MR) is 261 cm³/mol. The van der Waals surface area contributed by atoms with Crippen LogP contribution in [0.1, 0.15) is 213 Å². The van der Waals surface area contributed by atoms with E-state index in [2.05, 4.69) is 67.8 Å². The minimum absolute atomic E-state index is 0.0114. The quantitative estimate of drug-likeness (QED) is 0.0273. The fourth-order valence-corrected chi connectivity index (χ4v) is 7.63. The molecule has 0 aromatic carbocycles. The Morgan fingerprint density at radius 2 is 0.984 bits per heavy atom. The van der Waals surface area contributed by atoms with Gasteiger partial charge in [-0.3, -0.25) is 9.36 Å². The number of quaternary nitrogens is 1. The van der Waals surface area contributed by atoms with Crippen molar-refractivity contribution >= 4 is 13.7 Å². The largest absolute Gasteiger partial charge is 0.756 e. The molecule has 356 valence electrons. The minimum Gasteiger partial charge on any atom is -0.756 e. The molecule has 0 saturated carbocycles. The number of carbonyl (C=O) groups is 1. The maximum atomic E-state index is 12.9. The Hall–Kier alpha value is -1.80. The van der Waals surface area contributed by atoms with Crippen molar-refractivity contribution in [3.63, 3.8) is 0 Å². The molecule has 0 saturated heterocycles. The van der Waals surface area contributed by atoms with Crippen molar-refractivity contribution in [3.8, 4) is 0 Å². The summed E-state index contributed by atoms with van der Waals surface area (Å²) in [6.07, 6.45) is 57.2. The van der Waals surface area contributed by atoms with Gasteiger partial charge in [-0.15, -0.1) is 0 Å². The van der Waals surface area contributed by atoms with Crippen molar-refractivity contribution in [1.82, 2.24) is 5.32 Å². The molecule has 0 aromatic heterocycles. The van der Waals surface area contributed by atoms with E-state index in [-0.39, 0.29) is 12.5 Å². The van der Waals surface area contributed by atoms with Crippen LogP contribution in [0.5, 0.6) is 0 Å². The summed E-state index contributed by atoms with van der Waals surface area (Å²) in [4.78, 5) is 25.3. The number of nitrogens with zero attached hydrogens (tertiary/aromatic N) is 1. The van der Waals surface area contributed by atoms with Crippen LogP contribution < -0.4 is 10.2 Å². The fraction of sp³-hybridized carbons (Fsp3) is 0.788. The first-order valence-corrected chi connectivity index (χ1v) is 26.6. The van der Waals surface area contributed by atoms with E-state index in [1.807, 2.05) is 27.2 Å². The number of amides is 1. The highest BCUT2D eigenvalue weighted by atomic mass is 31.2. The molecule has 8 nitrogen and oxygen atoms in total. The Bertz CT molecular complexity index is 1180. The number of allylic oxidation sites excluding steroid dienone is 9. The van der Waals surface area contributed by atoms with E-state index in [9.17, 15) is 19.4 Å². The van der Waals surface area contributed by atoms with Crippen LogP contribution in [-0.2, 0) is 18.4 Å². The number of phosphoric acid groups is 1. The number of aliphatic hydroxyl groups excluding tert-OH is 1. The number of rotatable bonds is 45. The maximum Gasteiger partial charge on any atom is 0.268 e. The lowest BCUT2D eigenvalue weighted by molar-refractivity contribution is -0.870. The Labute approximate surface area is 377 Å². The second-order valence-corrected chi connectivity index (χ2v) is 19.6. The van der Waals surface area contributed by atoms with Crippen LogP contribution in [0.2, 0.25) is 0 Å². The van der Waals surface area contributed by atoms with Crippen LogP contribution >= 0.6 is 7.82 Å². The molecule has 0 aliphatic carbocycles. The van der Waals surface area contributed by atoms with Crippen LogP contribution in [0.15, 0.2) is 60.8 Å². The molecular formula is C52H97N2O6P. The summed E-state index contributed by atoms with van der Waals surface area (Å²) in [6.45, 7) is 4.56.